The minimum absolute atomic E-state index is 0.120. The summed E-state index contributed by atoms with van der Waals surface area (Å²) in [5.41, 5.74) is 2.67. The molecule has 2 aromatic carbocycles. The number of rotatable bonds is 8. The highest BCUT2D eigenvalue weighted by Gasteiger charge is 2.19. The largest absolute Gasteiger partial charge is 0.493 e. The van der Waals surface area contributed by atoms with Crippen molar-refractivity contribution in [2.24, 2.45) is 0 Å². The van der Waals surface area contributed by atoms with E-state index in [2.05, 4.69) is 18.3 Å². The number of hydrogen-bond acceptors (Lipinski definition) is 5. The van der Waals surface area contributed by atoms with E-state index in [1.54, 1.807) is 24.1 Å². The zero-order valence-corrected chi connectivity index (χ0v) is 20.8. The Bertz CT molecular complexity index is 881. The minimum Gasteiger partial charge on any atom is -0.493 e. The Morgan fingerprint density at radius 2 is 1.73 bits per heavy atom. The number of carbonyl (C=O) groups excluding carboxylic acids is 1. The van der Waals surface area contributed by atoms with Crippen LogP contribution >= 0.6 is 0 Å². The van der Waals surface area contributed by atoms with Crippen LogP contribution in [0.15, 0.2) is 48.0 Å². The lowest BCUT2D eigenvalue weighted by Crippen LogP contribution is -2.28. The first-order chi connectivity index (χ1) is 15.9. The van der Waals surface area contributed by atoms with E-state index >= 15 is 0 Å². The monoisotopic (exact) mass is 454 g/mol. The molecule has 3 rings (SSSR count). The fourth-order valence-corrected chi connectivity index (χ4v) is 3.86. The van der Waals surface area contributed by atoms with E-state index in [0.29, 0.717) is 29.4 Å². The van der Waals surface area contributed by atoms with Crippen LogP contribution in [-0.4, -0.2) is 58.3 Å². The summed E-state index contributed by atoms with van der Waals surface area (Å²) in [7, 11) is 6.36. The molecule has 0 aromatic heterocycles. The van der Waals surface area contributed by atoms with Crippen molar-refractivity contribution in [3.8, 4) is 17.2 Å². The van der Waals surface area contributed by atoms with Crippen molar-refractivity contribution in [3.05, 3.63) is 59.2 Å². The zero-order valence-electron chi connectivity index (χ0n) is 20.8. The summed E-state index contributed by atoms with van der Waals surface area (Å²) >= 11 is 0. The van der Waals surface area contributed by atoms with Crippen molar-refractivity contribution in [2.75, 3.05) is 41.5 Å². The van der Waals surface area contributed by atoms with Crippen molar-refractivity contribution in [1.82, 2.24) is 10.2 Å². The highest BCUT2D eigenvalue weighted by Crippen LogP contribution is 2.38. The highest BCUT2D eigenvalue weighted by atomic mass is 16.5. The van der Waals surface area contributed by atoms with Crippen molar-refractivity contribution >= 4 is 12.0 Å². The van der Waals surface area contributed by atoms with Crippen LogP contribution < -0.4 is 19.5 Å². The fraction of sp³-hybridized carbons (Fsp3) is 0.444. The molecule has 1 atom stereocenters. The number of ether oxygens (including phenoxy) is 3. The molecule has 6 heteroatoms. The van der Waals surface area contributed by atoms with E-state index in [1.807, 2.05) is 37.3 Å². The Kier molecular flexibility index (Phi) is 10.8. The topological polar surface area (TPSA) is 60.0 Å². The van der Waals surface area contributed by atoms with Gasteiger partial charge in [0.2, 0.25) is 5.75 Å². The van der Waals surface area contributed by atoms with E-state index in [-0.39, 0.29) is 5.91 Å². The summed E-state index contributed by atoms with van der Waals surface area (Å²) in [6, 6.07) is 14.2. The van der Waals surface area contributed by atoms with Crippen LogP contribution in [0.2, 0.25) is 0 Å². The third-order valence-corrected chi connectivity index (χ3v) is 5.61. The van der Waals surface area contributed by atoms with Gasteiger partial charge >= 0.3 is 0 Å². The van der Waals surface area contributed by atoms with E-state index in [4.69, 9.17) is 14.2 Å². The van der Waals surface area contributed by atoms with Crippen LogP contribution in [0.25, 0.3) is 6.08 Å². The molecule has 1 unspecified atom stereocenters. The molecule has 1 fully saturated rings. The summed E-state index contributed by atoms with van der Waals surface area (Å²) in [6.07, 6.45) is 6.16. The number of hydrogen-bond donors (Lipinski definition) is 1. The van der Waals surface area contributed by atoms with Gasteiger partial charge in [0, 0.05) is 25.2 Å². The molecule has 0 saturated carbocycles. The molecule has 1 aliphatic rings. The molecule has 0 aliphatic carbocycles. The summed E-state index contributed by atoms with van der Waals surface area (Å²) in [5.74, 6) is 1.26. The van der Waals surface area contributed by atoms with Crippen molar-refractivity contribution in [3.63, 3.8) is 0 Å². The van der Waals surface area contributed by atoms with E-state index in [9.17, 15) is 4.79 Å². The van der Waals surface area contributed by atoms with Gasteiger partial charge in [0.25, 0.3) is 5.91 Å². The number of likely N-dealkylation sites (N-methyl/N-ethyl adjacent to an activating group) is 1. The number of nitrogens with zero attached hydrogens (tertiary/aromatic N) is 1. The number of methoxy groups -OCH3 is 3. The average molecular weight is 455 g/mol. The third-order valence-electron chi connectivity index (χ3n) is 5.61. The lowest BCUT2D eigenvalue weighted by atomic mass is 10.1. The molecule has 2 aromatic rings. The summed E-state index contributed by atoms with van der Waals surface area (Å²) in [6.45, 7) is 6.01. The van der Waals surface area contributed by atoms with Crippen LogP contribution in [0.3, 0.4) is 0 Å². The number of carbonyl (C=O) groups is 1. The van der Waals surface area contributed by atoms with Crippen LogP contribution in [0, 0.1) is 0 Å². The Morgan fingerprint density at radius 3 is 2.18 bits per heavy atom. The molecule has 6 nitrogen and oxygen atoms in total. The Labute approximate surface area is 198 Å². The van der Waals surface area contributed by atoms with Gasteiger partial charge in [-0.25, -0.2) is 0 Å². The lowest BCUT2D eigenvalue weighted by Gasteiger charge is -2.20. The SMILES string of the molecule is CCC1CCCN1.COc1cc(C(=O)N(C)C/C(C)=C/c2ccccc2)cc(OC)c1OC. The van der Waals surface area contributed by atoms with Crippen LogP contribution in [-0.2, 0) is 0 Å². The van der Waals surface area contributed by atoms with Gasteiger partial charge in [0.05, 0.1) is 21.3 Å². The summed E-state index contributed by atoms with van der Waals surface area (Å²) in [5, 5.41) is 3.41. The molecule has 0 radical (unpaired) electrons. The first-order valence-corrected chi connectivity index (χ1v) is 11.4. The second-order valence-electron chi connectivity index (χ2n) is 8.18. The van der Waals surface area contributed by atoms with Gasteiger partial charge in [0.1, 0.15) is 0 Å². The highest BCUT2D eigenvalue weighted by molar-refractivity contribution is 5.95. The molecular weight excluding hydrogens is 416 g/mol. The quantitative estimate of drug-likeness (QED) is 0.606. The predicted octanol–water partition coefficient (Wildman–Crippen LogP) is 5.04. The summed E-state index contributed by atoms with van der Waals surface area (Å²) in [4.78, 5) is 14.5. The van der Waals surface area contributed by atoms with Crippen LogP contribution in [0.5, 0.6) is 17.2 Å². The fourth-order valence-electron chi connectivity index (χ4n) is 3.86. The molecule has 1 amide bonds. The van der Waals surface area contributed by atoms with Gasteiger partial charge < -0.3 is 24.4 Å². The first kappa shape index (κ1) is 26.3. The molecule has 1 heterocycles. The number of nitrogens with one attached hydrogen (secondary N) is 1. The zero-order chi connectivity index (χ0) is 24.2. The van der Waals surface area contributed by atoms with Crippen molar-refractivity contribution < 1.29 is 19.0 Å². The van der Waals surface area contributed by atoms with Crippen LogP contribution in [0.4, 0.5) is 0 Å². The normalized spacial score (nSPS) is 15.3. The number of benzene rings is 2. The molecule has 0 bridgehead atoms. The summed E-state index contributed by atoms with van der Waals surface area (Å²) < 4.78 is 15.9. The second kappa shape index (κ2) is 13.5. The van der Waals surface area contributed by atoms with Crippen molar-refractivity contribution in [1.29, 1.82) is 0 Å². The maximum atomic E-state index is 12.8. The van der Waals surface area contributed by atoms with Gasteiger partial charge in [-0.1, -0.05) is 48.9 Å². The average Bonchev–Trinajstić information content (AvgIpc) is 3.37. The van der Waals surface area contributed by atoms with Gasteiger partial charge in [-0.3, -0.25) is 4.79 Å². The number of amides is 1. The molecule has 33 heavy (non-hydrogen) atoms. The molecular formula is C27H38N2O4. The Morgan fingerprint density at radius 1 is 1.09 bits per heavy atom. The molecule has 1 aliphatic heterocycles. The molecule has 0 spiro atoms. The standard InChI is InChI=1S/C21H25NO4.C6H13N/c1-15(11-16-9-7-6-8-10-16)14-22(2)21(23)17-12-18(24-3)20(26-5)19(13-17)25-4;1-2-6-4-3-5-7-6/h6-13H,14H2,1-5H3;6-7H,2-5H2,1H3/b15-11+;. The minimum atomic E-state index is -0.120. The smallest absolute Gasteiger partial charge is 0.254 e. The first-order valence-electron chi connectivity index (χ1n) is 11.4. The Hall–Kier alpha value is -2.99. The third kappa shape index (κ3) is 7.82. The van der Waals surface area contributed by atoms with Gasteiger partial charge in [-0.2, -0.15) is 0 Å². The maximum absolute atomic E-state index is 12.8. The van der Waals surface area contributed by atoms with E-state index in [1.165, 1.54) is 47.1 Å². The van der Waals surface area contributed by atoms with Crippen molar-refractivity contribution in [2.45, 2.75) is 39.2 Å². The lowest BCUT2D eigenvalue weighted by molar-refractivity contribution is 0.0806. The second-order valence-corrected chi connectivity index (χ2v) is 8.18. The van der Waals surface area contributed by atoms with Gasteiger partial charge in [0.15, 0.2) is 11.5 Å². The van der Waals surface area contributed by atoms with E-state index in [0.717, 1.165) is 17.2 Å². The van der Waals surface area contributed by atoms with Gasteiger partial charge in [-0.05, 0) is 50.4 Å². The predicted molar refractivity (Wildman–Crippen MR) is 134 cm³/mol. The van der Waals surface area contributed by atoms with Gasteiger partial charge in [-0.15, -0.1) is 0 Å². The molecule has 180 valence electrons. The Balaban J connectivity index is 0.000000468. The molecule has 1 N–H and O–H groups in total. The maximum Gasteiger partial charge on any atom is 0.254 e. The van der Waals surface area contributed by atoms with E-state index < -0.39 is 0 Å². The van der Waals surface area contributed by atoms with Crippen LogP contribution in [0.1, 0.15) is 49.0 Å². The molecule has 1 saturated heterocycles.